The first-order valence-electron chi connectivity index (χ1n) is 7.15. The maximum atomic E-state index is 12.0. The molecule has 1 amide bonds. The first-order chi connectivity index (χ1) is 11.0. The number of benzene rings is 1. The van der Waals surface area contributed by atoms with E-state index < -0.39 is 5.97 Å². The summed E-state index contributed by atoms with van der Waals surface area (Å²) in [5.74, 6) is -0.575. The van der Waals surface area contributed by atoms with E-state index in [0.717, 1.165) is 16.9 Å². The molecule has 0 unspecified atom stereocenters. The van der Waals surface area contributed by atoms with Crippen LogP contribution < -0.4 is 5.32 Å². The molecule has 1 N–H and O–H groups in total. The minimum Gasteiger partial charge on any atom is -0.465 e. The van der Waals surface area contributed by atoms with Gasteiger partial charge in [-0.15, -0.1) is 0 Å². The topological polar surface area (TPSA) is 68.3 Å². The predicted octanol–water partition coefficient (Wildman–Crippen LogP) is 3.72. The van der Waals surface area contributed by atoms with Crippen molar-refractivity contribution in [2.24, 2.45) is 0 Å². The highest BCUT2D eigenvalue weighted by atomic mass is 35.5. The van der Waals surface area contributed by atoms with Gasteiger partial charge in [-0.3, -0.25) is 4.79 Å². The van der Waals surface area contributed by atoms with Crippen molar-refractivity contribution in [3.05, 3.63) is 45.4 Å². The first-order valence-corrected chi connectivity index (χ1v) is 8.35. The lowest BCUT2D eigenvalue weighted by Gasteiger charge is -2.02. The number of aromatic nitrogens is 1. The molecule has 1 aromatic carbocycles. The molecular formula is C16H17ClN2O3S. The number of aryl methyl sites for hydroxylation is 2. The molecule has 0 fully saturated rings. The first kappa shape index (κ1) is 17.4. The summed E-state index contributed by atoms with van der Waals surface area (Å²) in [4.78, 5) is 28.4. The van der Waals surface area contributed by atoms with E-state index in [9.17, 15) is 9.59 Å². The summed E-state index contributed by atoms with van der Waals surface area (Å²) < 4.78 is 4.72. The summed E-state index contributed by atoms with van der Waals surface area (Å²) in [6.45, 7) is 1.90. The van der Waals surface area contributed by atoms with Crippen LogP contribution in [0, 0.1) is 0 Å². The largest absolute Gasteiger partial charge is 0.465 e. The van der Waals surface area contributed by atoms with E-state index in [1.54, 1.807) is 12.1 Å². The molecule has 0 bridgehead atoms. The normalized spacial score (nSPS) is 10.4. The molecule has 122 valence electrons. The molecule has 5 nitrogen and oxygen atoms in total. The Bertz CT molecular complexity index is 698. The van der Waals surface area contributed by atoms with Crippen molar-refractivity contribution in [1.82, 2.24) is 4.98 Å². The number of amides is 1. The van der Waals surface area contributed by atoms with Gasteiger partial charge in [-0.2, -0.15) is 0 Å². The molecule has 0 saturated carbocycles. The van der Waals surface area contributed by atoms with Crippen molar-refractivity contribution in [3.63, 3.8) is 0 Å². The average Bonchev–Trinajstić information content (AvgIpc) is 2.96. The van der Waals surface area contributed by atoms with Crippen molar-refractivity contribution < 1.29 is 14.3 Å². The highest BCUT2D eigenvalue weighted by Gasteiger charge is 2.18. The molecule has 0 radical (unpaired) electrons. The number of halogens is 1. The zero-order valence-electron chi connectivity index (χ0n) is 12.9. The van der Waals surface area contributed by atoms with E-state index in [0.29, 0.717) is 40.0 Å². The molecule has 2 aromatic rings. The molecule has 0 saturated heterocycles. The lowest BCUT2D eigenvalue weighted by atomic mass is 10.1. The van der Waals surface area contributed by atoms with Crippen LogP contribution in [0.1, 0.15) is 34.3 Å². The molecule has 0 aliphatic carbocycles. The number of nitrogens with zero attached hydrogens (tertiary/aromatic N) is 1. The summed E-state index contributed by atoms with van der Waals surface area (Å²) in [5, 5.41) is 3.82. The fourth-order valence-corrected chi connectivity index (χ4v) is 3.10. The van der Waals surface area contributed by atoms with Gasteiger partial charge in [-0.1, -0.05) is 42.0 Å². The van der Waals surface area contributed by atoms with Gasteiger partial charge in [0.05, 0.1) is 12.8 Å². The number of esters is 1. The highest BCUT2D eigenvalue weighted by molar-refractivity contribution is 7.17. The predicted molar refractivity (Wildman–Crippen MR) is 91.2 cm³/mol. The summed E-state index contributed by atoms with van der Waals surface area (Å²) in [6, 6.07) is 7.38. The van der Waals surface area contributed by atoms with Crippen LogP contribution in [0.25, 0.3) is 0 Å². The maximum Gasteiger partial charge on any atom is 0.350 e. The molecular weight excluding hydrogens is 336 g/mol. The van der Waals surface area contributed by atoms with Crippen LogP contribution in [-0.4, -0.2) is 24.0 Å². The Morgan fingerprint density at radius 1 is 1.30 bits per heavy atom. The third kappa shape index (κ3) is 4.77. The van der Waals surface area contributed by atoms with Crippen LogP contribution in [0.3, 0.4) is 0 Å². The van der Waals surface area contributed by atoms with Crippen molar-refractivity contribution in [2.75, 3.05) is 12.4 Å². The Morgan fingerprint density at radius 2 is 2.00 bits per heavy atom. The zero-order chi connectivity index (χ0) is 16.8. The van der Waals surface area contributed by atoms with Gasteiger partial charge < -0.3 is 10.1 Å². The van der Waals surface area contributed by atoms with Gasteiger partial charge in [0, 0.05) is 11.4 Å². The van der Waals surface area contributed by atoms with Crippen LogP contribution >= 0.6 is 22.9 Å². The third-order valence-corrected chi connectivity index (χ3v) is 4.45. The van der Waals surface area contributed by atoms with Gasteiger partial charge in [0.2, 0.25) is 5.91 Å². The molecule has 0 atom stereocenters. The molecule has 23 heavy (non-hydrogen) atoms. The molecule has 0 spiro atoms. The molecule has 7 heteroatoms. The molecule has 0 aliphatic heterocycles. The van der Waals surface area contributed by atoms with E-state index in [1.807, 2.05) is 19.1 Å². The zero-order valence-corrected chi connectivity index (χ0v) is 14.5. The molecule has 2 rings (SSSR count). The number of rotatable bonds is 6. The van der Waals surface area contributed by atoms with Crippen LogP contribution in [-0.2, 0) is 22.4 Å². The van der Waals surface area contributed by atoms with Gasteiger partial charge in [-0.05, 0) is 30.5 Å². The van der Waals surface area contributed by atoms with Gasteiger partial charge in [0.25, 0.3) is 0 Å². The number of hydrogen-bond donors (Lipinski definition) is 1. The van der Waals surface area contributed by atoms with Crippen molar-refractivity contribution in [1.29, 1.82) is 0 Å². The van der Waals surface area contributed by atoms with Crippen LogP contribution in [0.5, 0.6) is 0 Å². The summed E-state index contributed by atoms with van der Waals surface area (Å²) in [6.07, 6.45) is 1.54. The van der Waals surface area contributed by atoms with Crippen LogP contribution in [0.2, 0.25) is 5.02 Å². The van der Waals surface area contributed by atoms with Crippen LogP contribution in [0.4, 0.5) is 5.13 Å². The standard InChI is InChI=1S/C16H17ClN2O3S/c1-3-12-14(15(21)22-2)23-16(18-12)19-13(20)9-6-10-4-7-11(17)8-5-10/h4-5,7-8H,3,6,9H2,1-2H3,(H,18,19,20). The van der Waals surface area contributed by atoms with Gasteiger partial charge in [0.15, 0.2) is 5.13 Å². The van der Waals surface area contributed by atoms with Gasteiger partial charge in [0.1, 0.15) is 4.88 Å². The summed E-state index contributed by atoms with van der Waals surface area (Å²) in [7, 11) is 1.33. The summed E-state index contributed by atoms with van der Waals surface area (Å²) in [5.41, 5.74) is 1.67. The number of hydrogen-bond acceptors (Lipinski definition) is 5. The lowest BCUT2D eigenvalue weighted by molar-refractivity contribution is -0.116. The van der Waals surface area contributed by atoms with E-state index in [-0.39, 0.29) is 5.91 Å². The lowest BCUT2D eigenvalue weighted by Crippen LogP contribution is -2.12. The number of carbonyl (C=O) groups is 2. The molecule has 1 aromatic heterocycles. The van der Waals surface area contributed by atoms with E-state index in [4.69, 9.17) is 16.3 Å². The minimum absolute atomic E-state index is 0.146. The number of nitrogens with one attached hydrogen (secondary N) is 1. The summed E-state index contributed by atoms with van der Waals surface area (Å²) >= 11 is 6.96. The van der Waals surface area contributed by atoms with E-state index in [2.05, 4.69) is 10.3 Å². The molecule has 0 aliphatic rings. The number of carbonyl (C=O) groups excluding carboxylic acids is 2. The maximum absolute atomic E-state index is 12.0. The fourth-order valence-electron chi connectivity index (χ4n) is 1.99. The second-order valence-corrected chi connectivity index (χ2v) is 6.25. The Balaban J connectivity index is 1.96. The number of thiazole rings is 1. The van der Waals surface area contributed by atoms with Crippen molar-refractivity contribution in [2.45, 2.75) is 26.2 Å². The minimum atomic E-state index is -0.430. The average molecular weight is 353 g/mol. The smallest absolute Gasteiger partial charge is 0.350 e. The molecule has 1 heterocycles. The van der Waals surface area contributed by atoms with Crippen molar-refractivity contribution in [3.8, 4) is 0 Å². The number of methoxy groups -OCH3 is 1. The quantitative estimate of drug-likeness (QED) is 0.804. The fraction of sp³-hybridized carbons (Fsp3) is 0.312. The monoisotopic (exact) mass is 352 g/mol. The second-order valence-electron chi connectivity index (χ2n) is 4.81. The Kier molecular flexibility index (Phi) is 6.12. The van der Waals surface area contributed by atoms with Crippen LogP contribution in [0.15, 0.2) is 24.3 Å². The highest BCUT2D eigenvalue weighted by Crippen LogP contribution is 2.24. The number of ether oxygens (including phenoxy) is 1. The van der Waals surface area contributed by atoms with Gasteiger partial charge >= 0.3 is 5.97 Å². The van der Waals surface area contributed by atoms with Gasteiger partial charge in [-0.25, -0.2) is 9.78 Å². The van der Waals surface area contributed by atoms with E-state index >= 15 is 0 Å². The SMILES string of the molecule is CCc1nc(NC(=O)CCc2ccc(Cl)cc2)sc1C(=O)OC. The Labute approximate surface area is 143 Å². The second kappa shape index (κ2) is 8.08. The Morgan fingerprint density at radius 3 is 2.61 bits per heavy atom. The van der Waals surface area contributed by atoms with Crippen molar-refractivity contribution >= 4 is 39.9 Å². The third-order valence-electron chi connectivity index (χ3n) is 3.20. The number of anilines is 1. The van der Waals surface area contributed by atoms with E-state index in [1.165, 1.54) is 7.11 Å². The Hall–Kier alpha value is -1.92.